The Kier molecular flexibility index (Phi) is 11.0. The average molecular weight is 601 g/mol. The number of amides is 4. The molecule has 0 bridgehead atoms. The van der Waals surface area contributed by atoms with Gasteiger partial charge in [0.2, 0.25) is 5.91 Å². The number of carbonyl (C=O) groups is 3. The zero-order valence-electron chi connectivity index (χ0n) is 24.6. The van der Waals surface area contributed by atoms with E-state index in [2.05, 4.69) is 6.92 Å². The number of hydrogen-bond acceptors (Lipinski definition) is 7. The van der Waals surface area contributed by atoms with Crippen LogP contribution < -0.4 is 0 Å². The van der Waals surface area contributed by atoms with Gasteiger partial charge >= 0.3 is 12.1 Å². The first-order valence-corrected chi connectivity index (χ1v) is 15.0. The van der Waals surface area contributed by atoms with E-state index in [-0.39, 0.29) is 19.6 Å². The molecule has 0 N–H and O–H groups in total. The fraction of sp³-hybridized carbons (Fsp3) is 0.531. The summed E-state index contributed by atoms with van der Waals surface area (Å²) in [6, 6.07) is 17.4. The van der Waals surface area contributed by atoms with E-state index < -0.39 is 41.6 Å². The number of unbranched alkanes of at least 4 members (excludes halogenated alkanes) is 4. The van der Waals surface area contributed by atoms with Crippen molar-refractivity contribution in [2.75, 3.05) is 6.61 Å². The molecule has 0 radical (unpaired) electrons. The van der Waals surface area contributed by atoms with Crippen LogP contribution in [-0.4, -0.2) is 57.5 Å². The Morgan fingerprint density at radius 1 is 1.00 bits per heavy atom. The van der Waals surface area contributed by atoms with E-state index in [0.717, 1.165) is 55.1 Å². The molecule has 0 spiro atoms. The van der Waals surface area contributed by atoms with Crippen molar-refractivity contribution in [3.63, 3.8) is 0 Å². The number of nitrogens with zero attached hydrogens (tertiary/aromatic N) is 2. The number of benzene rings is 2. The van der Waals surface area contributed by atoms with Crippen LogP contribution in [0.3, 0.4) is 0 Å². The summed E-state index contributed by atoms with van der Waals surface area (Å²) in [5, 5.41) is 0. The fourth-order valence-corrected chi connectivity index (χ4v) is 5.74. The molecule has 2 heterocycles. The molecular formula is C32H41ClN2O7. The maximum atomic E-state index is 13.3. The van der Waals surface area contributed by atoms with Crippen molar-refractivity contribution in [3.8, 4) is 0 Å². The van der Waals surface area contributed by atoms with Gasteiger partial charge in [-0.3, -0.25) is 4.79 Å². The van der Waals surface area contributed by atoms with Crippen molar-refractivity contribution in [1.29, 1.82) is 0 Å². The first-order valence-electron chi connectivity index (χ1n) is 14.7. The molecule has 42 heavy (non-hydrogen) atoms. The Hall–Kier alpha value is -2.98. The highest BCUT2D eigenvalue weighted by molar-refractivity contribution is 6.30. The smallest absolute Gasteiger partial charge is 0.411 e. The Morgan fingerprint density at radius 3 is 2.24 bits per heavy atom. The maximum Gasteiger partial charge on any atom is 0.421 e. The van der Waals surface area contributed by atoms with Gasteiger partial charge in [0.05, 0.1) is 24.9 Å². The van der Waals surface area contributed by atoms with Gasteiger partial charge in [-0.05, 0) is 24.5 Å². The molecular weight excluding hydrogens is 560 g/mol. The van der Waals surface area contributed by atoms with E-state index in [1.54, 1.807) is 0 Å². The quantitative estimate of drug-likeness (QED) is 0.181. The van der Waals surface area contributed by atoms with Crippen LogP contribution in [0.5, 0.6) is 0 Å². The van der Waals surface area contributed by atoms with Crippen molar-refractivity contribution < 1.29 is 33.3 Å². The second-order valence-corrected chi connectivity index (χ2v) is 11.6. The van der Waals surface area contributed by atoms with Crippen molar-refractivity contribution in [2.45, 2.75) is 102 Å². The van der Waals surface area contributed by atoms with Gasteiger partial charge in [-0.15, -0.1) is 0 Å². The largest absolute Gasteiger partial charge is 0.421 e. The second-order valence-electron chi connectivity index (χ2n) is 11.2. The minimum absolute atomic E-state index is 0.124. The van der Waals surface area contributed by atoms with Gasteiger partial charge in [-0.25, -0.2) is 14.5 Å². The molecule has 0 aliphatic carbocycles. The highest BCUT2D eigenvalue weighted by Gasteiger charge is 2.66. The van der Waals surface area contributed by atoms with Crippen LogP contribution in [-0.2, 0) is 37.0 Å². The third-order valence-corrected chi connectivity index (χ3v) is 8.32. The molecule has 0 saturated carbocycles. The number of ether oxygens (including phenoxy) is 4. The van der Waals surface area contributed by atoms with Crippen molar-refractivity contribution in [3.05, 3.63) is 71.8 Å². The SMILES string of the molecule is CCCCCCCC1(C)OC2(COCc3ccccc3)OC(=O)N(C(=O)N(Cl)C(C)=O)C2CC1OCc1ccccc1. The molecule has 2 aliphatic rings. The molecule has 4 rings (SSSR count). The summed E-state index contributed by atoms with van der Waals surface area (Å²) in [4.78, 5) is 39.4. The van der Waals surface area contributed by atoms with Crippen LogP contribution in [0.1, 0.15) is 76.8 Å². The predicted octanol–water partition coefficient (Wildman–Crippen LogP) is 6.97. The topological polar surface area (TPSA) is 94.6 Å². The Labute approximate surface area is 253 Å². The minimum atomic E-state index is -1.61. The number of halogens is 1. The van der Waals surface area contributed by atoms with Gasteiger partial charge in [-0.1, -0.05) is 99.7 Å². The molecule has 10 heteroatoms. The number of carbonyl (C=O) groups excluding carboxylic acids is 3. The summed E-state index contributed by atoms with van der Waals surface area (Å²) in [6.45, 7) is 5.74. The summed E-state index contributed by atoms with van der Waals surface area (Å²) >= 11 is 6.00. The van der Waals surface area contributed by atoms with Gasteiger partial charge < -0.3 is 18.9 Å². The highest BCUT2D eigenvalue weighted by atomic mass is 35.5. The van der Waals surface area contributed by atoms with Crippen molar-refractivity contribution in [1.82, 2.24) is 9.32 Å². The third-order valence-electron chi connectivity index (χ3n) is 7.94. The number of fused-ring (bicyclic) bond motifs is 1. The van der Waals surface area contributed by atoms with Gasteiger partial charge in [0.15, 0.2) is 0 Å². The fourth-order valence-electron chi connectivity index (χ4n) is 5.66. The van der Waals surface area contributed by atoms with Crippen LogP contribution in [0.2, 0.25) is 0 Å². The maximum absolute atomic E-state index is 13.3. The lowest BCUT2D eigenvalue weighted by molar-refractivity contribution is -0.330. The number of rotatable bonds is 13. The van der Waals surface area contributed by atoms with Crippen LogP contribution >= 0.6 is 11.8 Å². The van der Waals surface area contributed by atoms with Crippen molar-refractivity contribution in [2.24, 2.45) is 0 Å². The first kappa shape index (κ1) is 31.9. The van der Waals surface area contributed by atoms with Gasteiger partial charge in [0.1, 0.15) is 12.6 Å². The van der Waals surface area contributed by atoms with Gasteiger partial charge in [0, 0.05) is 25.1 Å². The molecule has 2 aromatic rings. The second kappa shape index (κ2) is 14.5. The van der Waals surface area contributed by atoms with E-state index in [0.29, 0.717) is 17.4 Å². The van der Waals surface area contributed by atoms with Crippen molar-refractivity contribution >= 4 is 29.8 Å². The molecule has 4 atom stereocenters. The van der Waals surface area contributed by atoms with E-state index in [9.17, 15) is 14.4 Å². The molecule has 2 aromatic carbocycles. The summed E-state index contributed by atoms with van der Waals surface area (Å²) in [6.07, 6.45) is 4.76. The molecule has 2 saturated heterocycles. The minimum Gasteiger partial charge on any atom is -0.411 e. The lowest BCUT2D eigenvalue weighted by Gasteiger charge is -2.50. The zero-order valence-corrected chi connectivity index (χ0v) is 25.4. The third kappa shape index (κ3) is 7.50. The number of urea groups is 1. The van der Waals surface area contributed by atoms with Crippen LogP contribution in [0.15, 0.2) is 60.7 Å². The summed E-state index contributed by atoms with van der Waals surface area (Å²) in [5.74, 6) is -2.33. The molecule has 9 nitrogen and oxygen atoms in total. The Bertz CT molecular complexity index is 1200. The molecule has 228 valence electrons. The van der Waals surface area contributed by atoms with E-state index in [4.69, 9.17) is 30.7 Å². The number of hydrogen-bond donors (Lipinski definition) is 0. The van der Waals surface area contributed by atoms with E-state index in [1.807, 2.05) is 67.6 Å². The lowest BCUT2D eigenvalue weighted by atomic mass is 9.81. The molecule has 2 aliphatic heterocycles. The van der Waals surface area contributed by atoms with Gasteiger partial charge in [-0.2, -0.15) is 4.42 Å². The summed E-state index contributed by atoms with van der Waals surface area (Å²) < 4.78 is 25.6. The molecule has 4 amide bonds. The Balaban J connectivity index is 1.63. The van der Waals surface area contributed by atoms with E-state index in [1.165, 1.54) is 0 Å². The standard InChI is InChI=1S/C32H41ClN2O7/c1-4-5-6-7-14-19-31(3)28(40-22-26-17-12-9-13-18-26)20-27-32(42-31,23-39-21-25-15-10-8-11-16-25)41-30(38)34(27)29(37)35(33)24(2)36/h8-13,15-18,27-28H,4-7,14,19-23H2,1-3H3. The zero-order chi connectivity index (χ0) is 30.2. The normalized spacial score (nSPS) is 25.1. The molecule has 4 unspecified atom stereocenters. The predicted molar refractivity (Wildman–Crippen MR) is 157 cm³/mol. The average Bonchev–Trinajstić information content (AvgIpc) is 3.25. The van der Waals surface area contributed by atoms with Crippen LogP contribution in [0.25, 0.3) is 0 Å². The summed E-state index contributed by atoms with van der Waals surface area (Å²) in [7, 11) is 0. The highest BCUT2D eigenvalue weighted by Crippen LogP contribution is 2.47. The van der Waals surface area contributed by atoms with Crippen LogP contribution in [0, 0.1) is 0 Å². The Morgan fingerprint density at radius 2 is 1.62 bits per heavy atom. The first-order chi connectivity index (χ1) is 20.2. The van der Waals surface area contributed by atoms with Gasteiger partial charge in [0.25, 0.3) is 5.79 Å². The number of imide groups is 2. The molecule has 2 fully saturated rings. The molecule has 0 aromatic heterocycles. The summed E-state index contributed by atoms with van der Waals surface area (Å²) in [5.41, 5.74) is 1.07. The lowest BCUT2D eigenvalue weighted by Crippen LogP contribution is -2.65. The van der Waals surface area contributed by atoms with Crippen LogP contribution in [0.4, 0.5) is 9.59 Å². The van der Waals surface area contributed by atoms with E-state index >= 15 is 0 Å². The monoisotopic (exact) mass is 600 g/mol.